The van der Waals surface area contributed by atoms with Crippen LogP contribution in [0.15, 0.2) is 12.4 Å². The zero-order valence-electron chi connectivity index (χ0n) is 16.0. The number of alkyl halides is 3. The SMILES string of the molecule is CC(C)(C)OC(=O)N1CCC2(CC1)NC(=O)N(c1cnc(C(F)(F)F)nc1)C2=O. The van der Waals surface area contributed by atoms with E-state index in [-0.39, 0.29) is 31.6 Å². The van der Waals surface area contributed by atoms with E-state index in [9.17, 15) is 27.6 Å². The van der Waals surface area contributed by atoms with Gasteiger partial charge in [-0.3, -0.25) is 4.79 Å². The van der Waals surface area contributed by atoms with E-state index in [1.54, 1.807) is 20.8 Å². The Labute approximate surface area is 164 Å². The molecule has 1 aromatic rings. The Balaban J connectivity index is 1.72. The van der Waals surface area contributed by atoms with Crippen molar-refractivity contribution < 1.29 is 32.3 Å². The number of likely N-dealkylation sites (tertiary alicyclic amines) is 1. The maximum Gasteiger partial charge on any atom is 0.451 e. The molecule has 0 atom stereocenters. The highest BCUT2D eigenvalue weighted by Crippen LogP contribution is 2.33. The maximum absolute atomic E-state index is 12.9. The first kappa shape index (κ1) is 20.8. The number of rotatable bonds is 1. The number of nitrogens with one attached hydrogen (secondary N) is 1. The number of hydrogen-bond acceptors (Lipinski definition) is 6. The van der Waals surface area contributed by atoms with Gasteiger partial charge in [0.15, 0.2) is 0 Å². The third-order valence-electron chi connectivity index (χ3n) is 4.58. The molecule has 3 heterocycles. The Kier molecular flexibility index (Phi) is 4.91. The van der Waals surface area contributed by atoms with Crippen LogP contribution in [0.2, 0.25) is 0 Å². The van der Waals surface area contributed by atoms with E-state index >= 15 is 0 Å². The summed E-state index contributed by atoms with van der Waals surface area (Å²) in [6, 6.07) is -0.774. The Morgan fingerprint density at radius 3 is 2.17 bits per heavy atom. The Morgan fingerprint density at radius 1 is 1.14 bits per heavy atom. The summed E-state index contributed by atoms with van der Waals surface area (Å²) in [6.45, 7) is 5.57. The van der Waals surface area contributed by atoms with Crippen molar-refractivity contribution >= 4 is 23.7 Å². The van der Waals surface area contributed by atoms with Crippen LogP contribution in [0.1, 0.15) is 39.4 Å². The van der Waals surface area contributed by atoms with Crippen molar-refractivity contribution in [3.8, 4) is 0 Å². The van der Waals surface area contributed by atoms with Gasteiger partial charge < -0.3 is 15.0 Å². The van der Waals surface area contributed by atoms with Gasteiger partial charge in [-0.05, 0) is 33.6 Å². The van der Waals surface area contributed by atoms with Crippen molar-refractivity contribution in [2.75, 3.05) is 18.0 Å². The van der Waals surface area contributed by atoms with Crippen LogP contribution in [-0.4, -0.2) is 57.1 Å². The lowest BCUT2D eigenvalue weighted by Gasteiger charge is -2.37. The summed E-state index contributed by atoms with van der Waals surface area (Å²) >= 11 is 0. The molecule has 1 N–H and O–H groups in total. The van der Waals surface area contributed by atoms with E-state index < -0.39 is 41.2 Å². The molecule has 0 radical (unpaired) electrons. The van der Waals surface area contributed by atoms with Crippen LogP contribution in [-0.2, 0) is 15.7 Å². The van der Waals surface area contributed by atoms with Crippen LogP contribution in [0.25, 0.3) is 0 Å². The van der Waals surface area contributed by atoms with E-state index in [0.29, 0.717) is 0 Å². The molecule has 0 saturated carbocycles. The van der Waals surface area contributed by atoms with Crippen LogP contribution in [0, 0.1) is 0 Å². The minimum absolute atomic E-state index is 0.148. The number of anilines is 1. The van der Waals surface area contributed by atoms with E-state index in [4.69, 9.17) is 4.74 Å². The highest BCUT2D eigenvalue weighted by molar-refractivity contribution is 6.23. The average Bonchev–Trinajstić information content (AvgIpc) is 2.83. The molecular formula is C17H20F3N5O4. The van der Waals surface area contributed by atoms with Gasteiger partial charge in [-0.25, -0.2) is 24.5 Å². The Morgan fingerprint density at radius 2 is 1.69 bits per heavy atom. The number of ether oxygens (including phenoxy) is 1. The van der Waals surface area contributed by atoms with E-state index in [2.05, 4.69) is 15.3 Å². The van der Waals surface area contributed by atoms with Crippen molar-refractivity contribution in [2.45, 2.75) is 50.9 Å². The second kappa shape index (κ2) is 6.85. The molecule has 9 nitrogen and oxygen atoms in total. The first-order chi connectivity index (χ1) is 13.3. The van der Waals surface area contributed by atoms with Crippen LogP contribution in [0.3, 0.4) is 0 Å². The quantitative estimate of drug-likeness (QED) is 0.706. The molecule has 29 heavy (non-hydrogen) atoms. The molecule has 2 aliphatic heterocycles. The average molecular weight is 415 g/mol. The zero-order chi connectivity index (χ0) is 21.6. The molecule has 2 fully saturated rings. The number of amides is 4. The number of urea groups is 1. The fourth-order valence-corrected chi connectivity index (χ4v) is 3.17. The number of nitrogens with zero attached hydrogens (tertiary/aromatic N) is 4. The van der Waals surface area contributed by atoms with Gasteiger partial charge in [0.2, 0.25) is 5.82 Å². The van der Waals surface area contributed by atoms with Crippen LogP contribution in [0.5, 0.6) is 0 Å². The number of imide groups is 1. The fourth-order valence-electron chi connectivity index (χ4n) is 3.17. The summed E-state index contributed by atoms with van der Waals surface area (Å²) in [5.41, 5.74) is -2.06. The molecule has 0 aliphatic carbocycles. The van der Waals surface area contributed by atoms with E-state index in [1.165, 1.54) is 4.90 Å². The van der Waals surface area contributed by atoms with Crippen molar-refractivity contribution in [3.63, 3.8) is 0 Å². The third kappa shape index (κ3) is 4.10. The lowest BCUT2D eigenvalue weighted by Crippen LogP contribution is -2.56. The normalized spacial score (nSPS) is 19.5. The second-order valence-corrected chi connectivity index (χ2v) is 7.88. The molecule has 0 unspecified atom stereocenters. The van der Waals surface area contributed by atoms with Gasteiger partial charge in [0, 0.05) is 13.1 Å². The number of piperidine rings is 1. The van der Waals surface area contributed by atoms with Crippen molar-refractivity contribution in [3.05, 3.63) is 18.2 Å². The summed E-state index contributed by atoms with van der Waals surface area (Å²) < 4.78 is 43.1. The second-order valence-electron chi connectivity index (χ2n) is 7.88. The summed E-state index contributed by atoms with van der Waals surface area (Å²) in [5, 5.41) is 2.60. The lowest BCUT2D eigenvalue weighted by molar-refractivity contribution is -0.144. The smallest absolute Gasteiger partial charge is 0.444 e. The maximum atomic E-state index is 12.9. The van der Waals surface area contributed by atoms with Gasteiger partial charge >= 0.3 is 18.3 Å². The predicted octanol–water partition coefficient (Wildman–Crippen LogP) is 2.32. The van der Waals surface area contributed by atoms with Gasteiger partial charge in [0.25, 0.3) is 5.91 Å². The van der Waals surface area contributed by atoms with Gasteiger partial charge in [0.05, 0.1) is 18.1 Å². The van der Waals surface area contributed by atoms with E-state index in [1.807, 2.05) is 0 Å². The van der Waals surface area contributed by atoms with Crippen LogP contribution >= 0.6 is 0 Å². The predicted molar refractivity (Wildman–Crippen MR) is 92.8 cm³/mol. The number of hydrogen-bond donors (Lipinski definition) is 1. The molecule has 1 spiro atoms. The molecule has 12 heteroatoms. The Bertz CT molecular complexity index is 827. The number of carbonyl (C=O) groups excluding carboxylic acids is 3. The lowest BCUT2D eigenvalue weighted by atomic mass is 9.87. The summed E-state index contributed by atoms with van der Waals surface area (Å²) in [4.78, 5) is 46.0. The standard InChI is InChI=1S/C17H20F3N5O4/c1-15(2,3)29-14(28)24-6-4-16(5-7-24)12(26)25(13(27)23-16)10-8-21-11(22-9-10)17(18,19)20/h8-9H,4-7H2,1-3H3,(H,23,27). The molecule has 2 aliphatic rings. The molecule has 2 saturated heterocycles. The molecule has 3 rings (SSSR count). The monoisotopic (exact) mass is 415 g/mol. The largest absolute Gasteiger partial charge is 0.451 e. The van der Waals surface area contributed by atoms with Gasteiger partial charge in [-0.1, -0.05) is 0 Å². The highest BCUT2D eigenvalue weighted by atomic mass is 19.4. The number of halogens is 3. The highest BCUT2D eigenvalue weighted by Gasteiger charge is 2.53. The minimum atomic E-state index is -4.73. The molecular weight excluding hydrogens is 395 g/mol. The Hall–Kier alpha value is -2.92. The molecule has 4 amide bonds. The fraction of sp³-hybridized carbons (Fsp3) is 0.588. The van der Waals surface area contributed by atoms with Gasteiger partial charge in [0.1, 0.15) is 11.1 Å². The number of aromatic nitrogens is 2. The molecule has 158 valence electrons. The molecule has 1 aromatic heterocycles. The van der Waals surface area contributed by atoms with Crippen molar-refractivity contribution in [2.24, 2.45) is 0 Å². The van der Waals surface area contributed by atoms with Gasteiger partial charge in [-0.2, -0.15) is 13.2 Å². The van der Waals surface area contributed by atoms with Crippen molar-refractivity contribution in [1.29, 1.82) is 0 Å². The van der Waals surface area contributed by atoms with Crippen LogP contribution < -0.4 is 10.2 Å². The molecule has 0 bridgehead atoms. The summed E-state index contributed by atoms with van der Waals surface area (Å²) in [7, 11) is 0. The first-order valence-corrected chi connectivity index (χ1v) is 8.86. The van der Waals surface area contributed by atoms with Gasteiger partial charge in [-0.15, -0.1) is 0 Å². The third-order valence-corrected chi connectivity index (χ3v) is 4.58. The first-order valence-electron chi connectivity index (χ1n) is 8.86. The number of carbonyl (C=O) groups is 3. The minimum Gasteiger partial charge on any atom is -0.444 e. The zero-order valence-corrected chi connectivity index (χ0v) is 16.0. The molecule has 0 aromatic carbocycles. The van der Waals surface area contributed by atoms with Crippen LogP contribution in [0.4, 0.5) is 28.4 Å². The summed E-state index contributed by atoms with van der Waals surface area (Å²) in [6.07, 6.45) is -3.39. The van der Waals surface area contributed by atoms with E-state index in [0.717, 1.165) is 17.3 Å². The summed E-state index contributed by atoms with van der Waals surface area (Å²) in [5.74, 6) is -1.98. The van der Waals surface area contributed by atoms with Crippen molar-refractivity contribution in [1.82, 2.24) is 20.2 Å². The topological polar surface area (TPSA) is 105 Å².